The van der Waals surface area contributed by atoms with Crippen molar-refractivity contribution < 1.29 is 17.9 Å². The lowest BCUT2D eigenvalue weighted by atomic mass is 10.1. The fraction of sp³-hybridized carbons (Fsp3) is 0.200. The SMILES string of the molecule is CCOCn1c(C(F)(F)F)cc(Sc2ccccc2)c1-c1ccc(Cl)cc1. The van der Waals surface area contributed by atoms with Crippen molar-refractivity contribution in [3.63, 3.8) is 0 Å². The third kappa shape index (κ3) is 4.69. The highest BCUT2D eigenvalue weighted by molar-refractivity contribution is 7.99. The summed E-state index contributed by atoms with van der Waals surface area (Å²) >= 11 is 7.24. The Morgan fingerprint density at radius 3 is 2.30 bits per heavy atom. The molecule has 1 heterocycles. The Morgan fingerprint density at radius 2 is 1.70 bits per heavy atom. The molecule has 0 aliphatic carbocycles. The van der Waals surface area contributed by atoms with E-state index < -0.39 is 11.9 Å². The molecule has 0 bridgehead atoms. The molecule has 3 aromatic rings. The summed E-state index contributed by atoms with van der Waals surface area (Å²) in [6.07, 6.45) is -4.49. The number of ether oxygens (including phenoxy) is 1. The highest BCUT2D eigenvalue weighted by Gasteiger charge is 2.37. The van der Waals surface area contributed by atoms with Crippen molar-refractivity contribution in [1.82, 2.24) is 4.57 Å². The molecule has 1 aromatic heterocycles. The van der Waals surface area contributed by atoms with E-state index in [0.717, 1.165) is 4.90 Å². The van der Waals surface area contributed by atoms with Gasteiger partial charge in [-0.2, -0.15) is 13.2 Å². The van der Waals surface area contributed by atoms with Gasteiger partial charge in [0, 0.05) is 21.4 Å². The summed E-state index contributed by atoms with van der Waals surface area (Å²) in [4.78, 5) is 1.37. The number of hydrogen-bond acceptors (Lipinski definition) is 2. The molecule has 0 fully saturated rings. The molecule has 0 saturated carbocycles. The molecule has 3 rings (SSSR count). The predicted molar refractivity (Wildman–Crippen MR) is 102 cm³/mol. The van der Waals surface area contributed by atoms with E-state index in [1.54, 1.807) is 31.2 Å². The average molecular weight is 412 g/mol. The molecule has 0 atom stereocenters. The molecular formula is C20H17ClF3NOS. The standard InChI is InChI=1S/C20H17ClF3NOS/c1-2-26-13-25-18(20(22,23)24)12-17(27-16-6-4-3-5-7-16)19(25)14-8-10-15(21)11-9-14/h3-12H,2,13H2,1H3. The van der Waals surface area contributed by atoms with Gasteiger partial charge in [-0.1, -0.05) is 53.7 Å². The minimum Gasteiger partial charge on any atom is -0.361 e. The molecule has 0 unspecified atom stereocenters. The first kappa shape index (κ1) is 19.9. The highest BCUT2D eigenvalue weighted by atomic mass is 35.5. The van der Waals surface area contributed by atoms with Gasteiger partial charge in [0.15, 0.2) is 0 Å². The van der Waals surface area contributed by atoms with Gasteiger partial charge < -0.3 is 9.30 Å². The first-order chi connectivity index (χ1) is 12.9. The van der Waals surface area contributed by atoms with E-state index in [4.69, 9.17) is 16.3 Å². The smallest absolute Gasteiger partial charge is 0.361 e. The van der Waals surface area contributed by atoms with Gasteiger partial charge in [-0.05, 0) is 42.8 Å². The van der Waals surface area contributed by atoms with Crippen LogP contribution in [-0.4, -0.2) is 11.2 Å². The van der Waals surface area contributed by atoms with E-state index >= 15 is 0 Å². The van der Waals surface area contributed by atoms with Crippen LogP contribution in [-0.2, 0) is 17.6 Å². The molecular weight excluding hydrogens is 395 g/mol. The normalized spacial score (nSPS) is 11.7. The second kappa shape index (κ2) is 8.42. The van der Waals surface area contributed by atoms with E-state index in [0.29, 0.717) is 27.8 Å². The monoisotopic (exact) mass is 411 g/mol. The fourth-order valence-corrected chi connectivity index (χ4v) is 3.84. The van der Waals surface area contributed by atoms with Gasteiger partial charge in [-0.15, -0.1) is 0 Å². The Bertz CT molecular complexity index is 892. The number of alkyl halides is 3. The average Bonchev–Trinajstić information content (AvgIpc) is 3.00. The topological polar surface area (TPSA) is 14.2 Å². The van der Waals surface area contributed by atoms with Gasteiger partial charge in [0.2, 0.25) is 0 Å². The van der Waals surface area contributed by atoms with Crippen LogP contribution in [0.1, 0.15) is 12.6 Å². The van der Waals surface area contributed by atoms with Crippen molar-refractivity contribution in [2.45, 2.75) is 29.6 Å². The number of aromatic nitrogens is 1. The molecule has 0 saturated heterocycles. The van der Waals surface area contributed by atoms with Crippen LogP contribution >= 0.6 is 23.4 Å². The molecule has 0 radical (unpaired) electrons. The van der Waals surface area contributed by atoms with Crippen molar-refractivity contribution in [3.8, 4) is 11.3 Å². The molecule has 0 N–H and O–H groups in total. The fourth-order valence-electron chi connectivity index (χ4n) is 2.67. The van der Waals surface area contributed by atoms with Crippen LogP contribution in [0.15, 0.2) is 70.5 Å². The van der Waals surface area contributed by atoms with E-state index in [1.165, 1.54) is 22.4 Å². The van der Waals surface area contributed by atoms with Crippen molar-refractivity contribution in [3.05, 3.63) is 71.4 Å². The first-order valence-electron chi connectivity index (χ1n) is 8.27. The first-order valence-corrected chi connectivity index (χ1v) is 9.47. The van der Waals surface area contributed by atoms with E-state index in [9.17, 15) is 13.2 Å². The van der Waals surface area contributed by atoms with Gasteiger partial charge in [-0.25, -0.2) is 0 Å². The minimum absolute atomic E-state index is 0.182. The number of hydrogen-bond donors (Lipinski definition) is 0. The quantitative estimate of drug-likeness (QED) is 0.434. The van der Waals surface area contributed by atoms with Gasteiger partial charge in [0.25, 0.3) is 0 Å². The zero-order valence-corrected chi connectivity index (χ0v) is 16.0. The van der Waals surface area contributed by atoms with E-state index in [-0.39, 0.29) is 6.73 Å². The molecule has 0 amide bonds. The number of benzene rings is 2. The molecule has 0 aliphatic heterocycles. The molecule has 0 spiro atoms. The van der Waals surface area contributed by atoms with Crippen LogP contribution in [0, 0.1) is 0 Å². The largest absolute Gasteiger partial charge is 0.431 e. The maximum Gasteiger partial charge on any atom is 0.431 e. The minimum atomic E-state index is -4.49. The Morgan fingerprint density at radius 1 is 1.04 bits per heavy atom. The summed E-state index contributed by atoms with van der Waals surface area (Å²) < 4.78 is 47.6. The summed E-state index contributed by atoms with van der Waals surface area (Å²) in [6.45, 7) is 1.88. The maximum atomic E-state index is 13.7. The van der Waals surface area contributed by atoms with Crippen LogP contribution in [0.4, 0.5) is 13.2 Å². The summed E-state index contributed by atoms with van der Waals surface area (Å²) in [5, 5.41) is 0.523. The van der Waals surface area contributed by atoms with Gasteiger partial charge in [0.1, 0.15) is 12.4 Å². The zero-order valence-electron chi connectivity index (χ0n) is 14.5. The Kier molecular flexibility index (Phi) is 6.19. The second-order valence-corrected chi connectivity index (χ2v) is 7.26. The van der Waals surface area contributed by atoms with E-state index in [2.05, 4.69) is 0 Å². The molecule has 27 heavy (non-hydrogen) atoms. The lowest BCUT2D eigenvalue weighted by Gasteiger charge is -2.16. The maximum absolute atomic E-state index is 13.7. The molecule has 2 aromatic carbocycles. The van der Waals surface area contributed by atoms with Gasteiger partial charge in [0.05, 0.1) is 5.69 Å². The van der Waals surface area contributed by atoms with Crippen molar-refractivity contribution >= 4 is 23.4 Å². The number of nitrogens with zero attached hydrogens (tertiary/aromatic N) is 1. The highest BCUT2D eigenvalue weighted by Crippen LogP contribution is 2.43. The molecule has 142 valence electrons. The van der Waals surface area contributed by atoms with Gasteiger partial charge in [-0.3, -0.25) is 0 Å². The third-order valence-electron chi connectivity index (χ3n) is 3.87. The number of rotatable bonds is 6. The van der Waals surface area contributed by atoms with Crippen LogP contribution in [0.25, 0.3) is 11.3 Å². The van der Waals surface area contributed by atoms with Crippen LogP contribution < -0.4 is 0 Å². The molecule has 0 aliphatic rings. The lowest BCUT2D eigenvalue weighted by molar-refractivity contribution is -0.145. The van der Waals surface area contributed by atoms with Gasteiger partial charge >= 0.3 is 6.18 Å². The second-order valence-electron chi connectivity index (χ2n) is 5.71. The zero-order chi connectivity index (χ0) is 19.4. The summed E-state index contributed by atoms with van der Waals surface area (Å²) in [5.74, 6) is 0. The third-order valence-corrected chi connectivity index (χ3v) is 5.16. The van der Waals surface area contributed by atoms with Crippen molar-refractivity contribution in [1.29, 1.82) is 0 Å². The summed E-state index contributed by atoms with van der Waals surface area (Å²) in [6, 6.07) is 17.3. The Hall–Kier alpha value is -1.89. The summed E-state index contributed by atoms with van der Waals surface area (Å²) in [7, 11) is 0. The van der Waals surface area contributed by atoms with Crippen molar-refractivity contribution in [2.75, 3.05) is 6.61 Å². The van der Waals surface area contributed by atoms with Crippen LogP contribution in [0.2, 0.25) is 5.02 Å². The van der Waals surface area contributed by atoms with E-state index in [1.807, 2.05) is 30.3 Å². The molecule has 2 nitrogen and oxygen atoms in total. The van der Waals surface area contributed by atoms with Crippen LogP contribution in [0.3, 0.4) is 0 Å². The lowest BCUT2D eigenvalue weighted by Crippen LogP contribution is -2.15. The predicted octanol–water partition coefficient (Wildman–Crippen LogP) is 6.97. The van der Waals surface area contributed by atoms with Crippen molar-refractivity contribution in [2.24, 2.45) is 0 Å². The summed E-state index contributed by atoms with van der Waals surface area (Å²) in [5.41, 5.74) is 0.369. The Labute approximate surface area is 164 Å². The number of halogens is 4. The molecule has 7 heteroatoms. The Balaban J connectivity index is 2.17. The van der Waals surface area contributed by atoms with Crippen LogP contribution in [0.5, 0.6) is 0 Å².